The molecular weight excluding hydrogens is 410 g/mol. The Bertz CT molecular complexity index is 681. The van der Waals surface area contributed by atoms with Crippen LogP contribution in [0.5, 0.6) is 11.5 Å². The second-order valence-electron chi connectivity index (χ2n) is 5.04. The van der Waals surface area contributed by atoms with Crippen molar-refractivity contribution >= 4 is 29.9 Å². The standard InChI is InChI=1S/C16H17FN4O.HI/c1-21-8-7-19-16(21)20-10-12-4-5-15(14(17)9-12)22-13-3-2-6-18-11-13;/h2-6,9,11H,7-8,10H2,1H3,(H,19,20);1H. The third-order valence-electron chi connectivity index (χ3n) is 3.37. The number of nitrogens with one attached hydrogen (secondary N) is 1. The number of likely N-dealkylation sites (N-methyl/N-ethyl adjacent to an activating group) is 1. The van der Waals surface area contributed by atoms with E-state index in [0.29, 0.717) is 12.3 Å². The fourth-order valence-electron chi connectivity index (χ4n) is 2.18. The van der Waals surface area contributed by atoms with Crippen molar-refractivity contribution in [2.24, 2.45) is 4.99 Å². The van der Waals surface area contributed by atoms with Gasteiger partial charge in [-0.3, -0.25) is 9.98 Å². The summed E-state index contributed by atoms with van der Waals surface area (Å²) in [4.78, 5) is 10.3. The second kappa shape index (κ2) is 8.09. The predicted octanol–water partition coefficient (Wildman–Crippen LogP) is 3.02. The number of hydrogen-bond acceptors (Lipinski definition) is 5. The molecule has 23 heavy (non-hydrogen) atoms. The van der Waals surface area contributed by atoms with Gasteiger partial charge in [-0.2, -0.15) is 0 Å². The largest absolute Gasteiger partial charge is 0.453 e. The topological polar surface area (TPSA) is 49.8 Å². The lowest BCUT2D eigenvalue weighted by molar-refractivity contribution is 0.440. The minimum absolute atomic E-state index is 0. The summed E-state index contributed by atoms with van der Waals surface area (Å²) in [5.41, 5.74) is 0.832. The van der Waals surface area contributed by atoms with Gasteiger partial charge in [-0.05, 0) is 29.8 Å². The van der Waals surface area contributed by atoms with Crippen LogP contribution in [0.1, 0.15) is 5.56 Å². The van der Waals surface area contributed by atoms with E-state index in [1.807, 2.05) is 18.0 Å². The van der Waals surface area contributed by atoms with Crippen molar-refractivity contribution in [1.82, 2.24) is 15.2 Å². The Labute approximate surface area is 151 Å². The molecule has 1 aromatic heterocycles. The predicted molar refractivity (Wildman–Crippen MR) is 97.9 cm³/mol. The van der Waals surface area contributed by atoms with Crippen LogP contribution < -0.4 is 10.1 Å². The molecule has 0 saturated carbocycles. The number of nitrogens with zero attached hydrogens (tertiary/aromatic N) is 3. The summed E-state index contributed by atoms with van der Waals surface area (Å²) < 4.78 is 19.6. The molecule has 1 aliphatic heterocycles. The first-order chi connectivity index (χ1) is 10.7. The van der Waals surface area contributed by atoms with Crippen LogP contribution in [0.15, 0.2) is 47.7 Å². The molecule has 122 valence electrons. The van der Waals surface area contributed by atoms with E-state index in [1.54, 1.807) is 30.6 Å². The molecule has 0 saturated heterocycles. The number of benzene rings is 1. The van der Waals surface area contributed by atoms with Gasteiger partial charge in [0.2, 0.25) is 0 Å². The lowest BCUT2D eigenvalue weighted by Crippen LogP contribution is -2.35. The van der Waals surface area contributed by atoms with Crippen LogP contribution in [0, 0.1) is 5.82 Å². The maximum absolute atomic E-state index is 14.1. The van der Waals surface area contributed by atoms with Crippen LogP contribution in [0.4, 0.5) is 4.39 Å². The highest BCUT2D eigenvalue weighted by Gasteiger charge is 2.12. The normalized spacial score (nSPS) is 13.3. The molecule has 3 rings (SSSR count). The molecule has 1 N–H and O–H groups in total. The van der Waals surface area contributed by atoms with Crippen LogP contribution >= 0.6 is 24.0 Å². The lowest BCUT2D eigenvalue weighted by atomic mass is 10.2. The van der Waals surface area contributed by atoms with E-state index in [-0.39, 0.29) is 29.7 Å². The average molecular weight is 428 g/mol. The zero-order valence-corrected chi connectivity index (χ0v) is 15.0. The highest BCUT2D eigenvalue weighted by Crippen LogP contribution is 2.24. The first-order valence-corrected chi connectivity index (χ1v) is 7.08. The molecule has 0 radical (unpaired) electrons. The molecule has 0 bridgehead atoms. The Morgan fingerprint density at radius 2 is 2.22 bits per heavy atom. The maximum atomic E-state index is 14.1. The SMILES string of the molecule is CN1CCN=C1NCc1ccc(Oc2cccnc2)c(F)c1.I. The molecule has 1 aromatic carbocycles. The summed E-state index contributed by atoms with van der Waals surface area (Å²) in [5, 5.41) is 3.20. The molecule has 2 aromatic rings. The number of hydrogen-bond donors (Lipinski definition) is 1. The van der Waals surface area contributed by atoms with E-state index in [1.165, 1.54) is 6.07 Å². The fraction of sp³-hybridized carbons (Fsp3) is 0.250. The summed E-state index contributed by atoms with van der Waals surface area (Å²) >= 11 is 0. The molecular formula is C16H18FIN4O. The van der Waals surface area contributed by atoms with Gasteiger partial charge in [-0.15, -0.1) is 24.0 Å². The monoisotopic (exact) mass is 428 g/mol. The molecule has 5 nitrogen and oxygen atoms in total. The molecule has 1 aliphatic rings. The van der Waals surface area contributed by atoms with Crippen molar-refractivity contribution in [3.63, 3.8) is 0 Å². The van der Waals surface area contributed by atoms with Crippen molar-refractivity contribution in [3.05, 3.63) is 54.1 Å². The first kappa shape index (κ1) is 17.5. The third kappa shape index (κ3) is 4.54. The van der Waals surface area contributed by atoms with Crippen molar-refractivity contribution in [1.29, 1.82) is 0 Å². The molecule has 0 atom stereocenters. The molecule has 0 aliphatic carbocycles. The summed E-state index contributed by atoms with van der Waals surface area (Å²) in [5.74, 6) is 1.14. The maximum Gasteiger partial charge on any atom is 0.194 e. The summed E-state index contributed by atoms with van der Waals surface area (Å²) in [6.45, 7) is 2.23. The molecule has 0 amide bonds. The molecule has 2 heterocycles. The molecule has 0 unspecified atom stereocenters. The Morgan fingerprint density at radius 3 is 2.87 bits per heavy atom. The van der Waals surface area contributed by atoms with Gasteiger partial charge in [-0.1, -0.05) is 6.07 Å². The number of halogens is 2. The number of rotatable bonds is 4. The molecule has 7 heteroatoms. The van der Waals surface area contributed by atoms with Gasteiger partial charge in [0.1, 0.15) is 5.75 Å². The van der Waals surface area contributed by atoms with Crippen molar-refractivity contribution in [2.45, 2.75) is 6.54 Å². The zero-order valence-electron chi connectivity index (χ0n) is 12.7. The summed E-state index contributed by atoms with van der Waals surface area (Å²) in [7, 11) is 1.98. The number of aliphatic imine (C=N–C) groups is 1. The third-order valence-corrected chi connectivity index (χ3v) is 3.37. The number of ether oxygens (including phenoxy) is 1. The zero-order chi connectivity index (χ0) is 15.4. The van der Waals surface area contributed by atoms with Gasteiger partial charge in [0.05, 0.1) is 12.7 Å². The van der Waals surface area contributed by atoms with Gasteiger partial charge in [-0.25, -0.2) is 4.39 Å². The van der Waals surface area contributed by atoms with Crippen LogP contribution in [0.3, 0.4) is 0 Å². The Hall–Kier alpha value is -1.90. The van der Waals surface area contributed by atoms with Gasteiger partial charge < -0.3 is 15.0 Å². The van der Waals surface area contributed by atoms with Crippen LogP contribution in [-0.4, -0.2) is 36.0 Å². The number of pyridine rings is 1. The summed E-state index contributed by atoms with van der Waals surface area (Å²) in [6.07, 6.45) is 3.18. The fourth-order valence-corrected chi connectivity index (χ4v) is 2.18. The van der Waals surface area contributed by atoms with Gasteiger partial charge >= 0.3 is 0 Å². The van der Waals surface area contributed by atoms with Crippen LogP contribution in [0.2, 0.25) is 0 Å². The van der Waals surface area contributed by atoms with E-state index in [9.17, 15) is 4.39 Å². The van der Waals surface area contributed by atoms with E-state index >= 15 is 0 Å². The van der Waals surface area contributed by atoms with Gasteiger partial charge in [0.15, 0.2) is 17.5 Å². The van der Waals surface area contributed by atoms with Crippen molar-refractivity contribution in [2.75, 3.05) is 20.1 Å². The average Bonchev–Trinajstić information content (AvgIpc) is 2.94. The van der Waals surface area contributed by atoms with Crippen molar-refractivity contribution in [3.8, 4) is 11.5 Å². The quantitative estimate of drug-likeness (QED) is 0.761. The van der Waals surface area contributed by atoms with Gasteiger partial charge in [0.25, 0.3) is 0 Å². The van der Waals surface area contributed by atoms with Gasteiger partial charge in [0, 0.05) is 26.3 Å². The highest BCUT2D eigenvalue weighted by atomic mass is 127. The minimum Gasteiger partial charge on any atom is -0.453 e. The van der Waals surface area contributed by atoms with Crippen LogP contribution in [0.25, 0.3) is 0 Å². The lowest BCUT2D eigenvalue weighted by Gasteiger charge is -2.15. The van der Waals surface area contributed by atoms with E-state index < -0.39 is 5.82 Å². The molecule has 0 spiro atoms. The van der Waals surface area contributed by atoms with E-state index in [0.717, 1.165) is 24.6 Å². The van der Waals surface area contributed by atoms with E-state index in [4.69, 9.17) is 4.74 Å². The number of aromatic nitrogens is 1. The highest BCUT2D eigenvalue weighted by molar-refractivity contribution is 14.0. The Balaban J connectivity index is 0.00000192. The number of guanidine groups is 1. The minimum atomic E-state index is -0.398. The van der Waals surface area contributed by atoms with E-state index in [2.05, 4.69) is 15.3 Å². The van der Waals surface area contributed by atoms with Crippen molar-refractivity contribution < 1.29 is 9.13 Å². The smallest absolute Gasteiger partial charge is 0.194 e. The molecule has 0 fully saturated rings. The summed E-state index contributed by atoms with van der Waals surface area (Å²) in [6, 6.07) is 8.39. The Morgan fingerprint density at radius 1 is 1.35 bits per heavy atom. The van der Waals surface area contributed by atoms with Crippen LogP contribution in [-0.2, 0) is 6.54 Å². The Kier molecular flexibility index (Phi) is 6.14. The first-order valence-electron chi connectivity index (χ1n) is 7.08. The second-order valence-corrected chi connectivity index (χ2v) is 5.04.